The first-order valence-electron chi connectivity index (χ1n) is 19.0. The number of carbonyl (C=O) groups is 2. The van der Waals surface area contributed by atoms with Gasteiger partial charge < -0.3 is 10.2 Å². The second kappa shape index (κ2) is 15.7. The van der Waals surface area contributed by atoms with E-state index in [1.54, 1.807) is 47.1 Å². The van der Waals surface area contributed by atoms with Gasteiger partial charge in [-0.2, -0.15) is 20.3 Å². The Morgan fingerprint density at radius 3 is 2.55 bits per heavy atom. The van der Waals surface area contributed by atoms with Gasteiger partial charge in [-0.3, -0.25) is 19.9 Å². The zero-order valence-corrected chi connectivity index (χ0v) is 31.3. The molecule has 56 heavy (non-hydrogen) atoms. The predicted molar refractivity (Wildman–Crippen MR) is 205 cm³/mol. The molecule has 0 unspecified atom stereocenters. The average molecular weight is 755 g/mol. The van der Waals surface area contributed by atoms with E-state index in [1.807, 2.05) is 12.3 Å². The fourth-order valence-electron chi connectivity index (χ4n) is 7.91. The number of anilines is 3. The Morgan fingerprint density at radius 1 is 0.982 bits per heavy atom. The van der Waals surface area contributed by atoms with Crippen molar-refractivity contribution in [1.29, 1.82) is 10.5 Å². The van der Waals surface area contributed by atoms with Crippen molar-refractivity contribution in [3.8, 4) is 23.6 Å². The van der Waals surface area contributed by atoms with Gasteiger partial charge in [0.1, 0.15) is 17.8 Å². The van der Waals surface area contributed by atoms with Crippen molar-refractivity contribution in [2.75, 3.05) is 47.8 Å². The number of aromatic nitrogens is 9. The van der Waals surface area contributed by atoms with Gasteiger partial charge in [0.2, 0.25) is 11.9 Å². The van der Waals surface area contributed by atoms with Gasteiger partial charge in [-0.15, -0.1) is 5.10 Å². The monoisotopic (exact) mass is 754 g/mol. The van der Waals surface area contributed by atoms with Crippen molar-refractivity contribution in [3.05, 3.63) is 60.6 Å². The summed E-state index contributed by atoms with van der Waals surface area (Å²) in [6.45, 7) is 8.05. The molecule has 2 N–H and O–H groups in total. The fourth-order valence-corrected chi connectivity index (χ4v) is 7.91. The van der Waals surface area contributed by atoms with Crippen molar-refractivity contribution in [2.45, 2.75) is 70.4 Å². The predicted octanol–water partition coefficient (Wildman–Crippen LogP) is 3.70. The van der Waals surface area contributed by atoms with Gasteiger partial charge in [0.15, 0.2) is 11.5 Å². The number of hydrogen-bond acceptors (Lipinski definition) is 14. The summed E-state index contributed by atoms with van der Waals surface area (Å²) in [5.41, 5.74) is 3.88. The van der Waals surface area contributed by atoms with E-state index in [1.165, 1.54) is 11.1 Å². The molecule has 3 fully saturated rings. The maximum Gasteiger partial charge on any atom is 0.328 e. The largest absolute Gasteiger partial charge is 0.368 e. The number of nitrogens with one attached hydrogen (secondary N) is 2. The highest BCUT2D eigenvalue weighted by atomic mass is 16.2. The third-order valence-corrected chi connectivity index (χ3v) is 11.0. The molecule has 18 heteroatoms. The van der Waals surface area contributed by atoms with Crippen LogP contribution in [-0.4, -0.2) is 106 Å². The van der Waals surface area contributed by atoms with Gasteiger partial charge in [0.25, 0.3) is 0 Å². The zero-order valence-electron chi connectivity index (χ0n) is 31.3. The molecule has 2 saturated heterocycles. The number of pyridine rings is 2. The molecule has 0 aromatic carbocycles. The standard InChI is InChI=1S/C38H42N16O2/c1-24(15-39)46-31-14-34(54-36-29(18-45-54)13-27(16-40)17-42-36)41-21-33(31)53-23-32(48-49-53)28-5-3-26(4-6-28)7-9-50-11-12-51(25(2)22-50)37-43-19-30(20-44-37)52-10-8-35(55)47-38(52)56/h13-14,17-21,23-26,28H,3-12,22H2,1-2H3,(H,41,46)(H,47,55,56)/t24-,25-,26?,28?/m1/s1. The summed E-state index contributed by atoms with van der Waals surface area (Å²) in [5, 5.41) is 38.7. The number of nitriles is 2. The van der Waals surface area contributed by atoms with Gasteiger partial charge in [-0.05, 0) is 64.5 Å². The van der Waals surface area contributed by atoms with Crippen LogP contribution in [0.1, 0.15) is 69.5 Å². The molecule has 3 aliphatic rings. The quantitative estimate of drug-likeness (QED) is 0.208. The summed E-state index contributed by atoms with van der Waals surface area (Å²) >= 11 is 0. The molecule has 1 saturated carbocycles. The Kier molecular flexibility index (Phi) is 10.2. The van der Waals surface area contributed by atoms with E-state index in [2.05, 4.69) is 74.8 Å². The van der Waals surface area contributed by atoms with Crippen LogP contribution in [0.2, 0.25) is 0 Å². The molecular weight excluding hydrogens is 713 g/mol. The van der Waals surface area contributed by atoms with Gasteiger partial charge in [-0.25, -0.2) is 29.4 Å². The van der Waals surface area contributed by atoms with E-state index in [0.29, 0.717) is 58.4 Å². The lowest BCUT2D eigenvalue weighted by molar-refractivity contribution is -0.120. The first-order chi connectivity index (χ1) is 27.3. The van der Waals surface area contributed by atoms with Crippen molar-refractivity contribution >= 4 is 40.3 Å². The van der Waals surface area contributed by atoms with Crippen LogP contribution in [0.4, 0.5) is 22.1 Å². The molecular formula is C38H42N16O2. The third kappa shape index (κ3) is 7.56. The Labute approximate surface area is 323 Å². The second-order valence-corrected chi connectivity index (χ2v) is 14.8. The van der Waals surface area contributed by atoms with E-state index in [-0.39, 0.29) is 18.4 Å². The SMILES string of the molecule is C[C@H](C#N)Nc1cc(-n2ncc3cc(C#N)cnc32)ncc1-n1cc(C2CCC(CCN3CCN(c4ncc(N5CCC(=O)NC5=O)cn4)[C@H](C)C3)CC2)nn1. The van der Waals surface area contributed by atoms with Crippen molar-refractivity contribution < 1.29 is 9.59 Å². The average Bonchev–Trinajstić information content (AvgIpc) is 3.88. The molecule has 7 heterocycles. The van der Waals surface area contributed by atoms with Crippen LogP contribution in [0.25, 0.3) is 22.5 Å². The molecule has 5 aromatic heterocycles. The number of nitrogens with zero attached hydrogens (tertiary/aromatic N) is 14. The van der Waals surface area contributed by atoms with Crippen LogP contribution in [0.3, 0.4) is 0 Å². The minimum atomic E-state index is -0.474. The topological polar surface area (TPSA) is 216 Å². The highest BCUT2D eigenvalue weighted by molar-refractivity contribution is 6.05. The molecule has 0 bridgehead atoms. The number of amides is 3. The molecule has 3 amide bonds. The van der Waals surface area contributed by atoms with Crippen LogP contribution in [0.15, 0.2) is 49.3 Å². The molecule has 1 aliphatic carbocycles. The van der Waals surface area contributed by atoms with E-state index in [0.717, 1.165) is 69.4 Å². The highest BCUT2D eigenvalue weighted by Gasteiger charge is 2.30. The summed E-state index contributed by atoms with van der Waals surface area (Å²) in [5.74, 6) is 1.88. The molecule has 286 valence electrons. The van der Waals surface area contributed by atoms with E-state index in [4.69, 9.17) is 0 Å². The number of fused-ring (bicyclic) bond motifs is 1. The van der Waals surface area contributed by atoms with Crippen LogP contribution >= 0.6 is 0 Å². The number of piperazine rings is 1. The first kappa shape index (κ1) is 36.4. The van der Waals surface area contributed by atoms with Crippen molar-refractivity contribution in [3.63, 3.8) is 0 Å². The first-order valence-corrected chi connectivity index (χ1v) is 19.0. The van der Waals surface area contributed by atoms with Gasteiger partial charge in [-0.1, -0.05) is 5.21 Å². The fraction of sp³-hybridized carbons (Fsp3) is 0.447. The lowest BCUT2D eigenvalue weighted by Crippen LogP contribution is -2.53. The maximum atomic E-state index is 12.2. The Hall–Kier alpha value is -6.53. The molecule has 0 radical (unpaired) electrons. The lowest BCUT2D eigenvalue weighted by Gasteiger charge is -2.40. The summed E-state index contributed by atoms with van der Waals surface area (Å²) in [6.07, 6.45) is 15.9. The lowest BCUT2D eigenvalue weighted by atomic mass is 9.79. The van der Waals surface area contributed by atoms with Gasteiger partial charge in [0, 0.05) is 62.2 Å². The summed E-state index contributed by atoms with van der Waals surface area (Å²) in [7, 11) is 0. The van der Waals surface area contributed by atoms with Crippen LogP contribution in [0.5, 0.6) is 0 Å². The van der Waals surface area contributed by atoms with Gasteiger partial charge >= 0.3 is 6.03 Å². The number of urea groups is 1. The Balaban J connectivity index is 0.847. The number of imide groups is 1. The molecule has 0 spiro atoms. The van der Waals surface area contributed by atoms with E-state index in [9.17, 15) is 20.1 Å². The van der Waals surface area contributed by atoms with Crippen LogP contribution < -0.4 is 20.4 Å². The van der Waals surface area contributed by atoms with Gasteiger partial charge in [0.05, 0.1) is 59.7 Å². The van der Waals surface area contributed by atoms with Crippen molar-refractivity contribution in [1.82, 2.24) is 54.9 Å². The summed E-state index contributed by atoms with van der Waals surface area (Å²) in [4.78, 5) is 48.2. The molecule has 2 atom stereocenters. The van der Waals surface area contributed by atoms with Crippen LogP contribution in [-0.2, 0) is 4.79 Å². The Morgan fingerprint density at radius 2 is 1.80 bits per heavy atom. The molecule has 18 nitrogen and oxygen atoms in total. The van der Waals surface area contributed by atoms with Crippen LogP contribution in [0, 0.1) is 28.6 Å². The number of carbonyl (C=O) groups excluding carboxylic acids is 2. The minimum Gasteiger partial charge on any atom is -0.368 e. The molecule has 2 aliphatic heterocycles. The van der Waals surface area contributed by atoms with Crippen molar-refractivity contribution in [2.24, 2.45) is 5.92 Å². The summed E-state index contributed by atoms with van der Waals surface area (Å²) in [6, 6.07) is 7.22. The maximum absolute atomic E-state index is 12.2. The Bertz CT molecular complexity index is 2320. The minimum absolute atomic E-state index is 0.246. The molecule has 8 rings (SSSR count). The molecule has 5 aromatic rings. The number of hydrogen-bond donors (Lipinski definition) is 2. The summed E-state index contributed by atoms with van der Waals surface area (Å²) < 4.78 is 3.33. The normalized spacial score (nSPS) is 21.0. The third-order valence-electron chi connectivity index (χ3n) is 11.0. The second-order valence-electron chi connectivity index (χ2n) is 14.8. The number of rotatable bonds is 10. The smallest absolute Gasteiger partial charge is 0.328 e. The highest BCUT2D eigenvalue weighted by Crippen LogP contribution is 2.37. The zero-order chi connectivity index (χ0) is 38.8. The van der Waals surface area contributed by atoms with E-state index < -0.39 is 12.1 Å². The van der Waals surface area contributed by atoms with E-state index >= 15 is 0 Å².